The molecule has 0 spiro atoms. The summed E-state index contributed by atoms with van der Waals surface area (Å²) in [7, 11) is 0. The summed E-state index contributed by atoms with van der Waals surface area (Å²) >= 11 is 0. The molecular formula is C17H18O2. The average molecular weight is 254 g/mol. The molecule has 2 aromatic rings. The van der Waals surface area contributed by atoms with Gasteiger partial charge in [0.05, 0.1) is 6.61 Å². The topological polar surface area (TPSA) is 26.3 Å². The maximum absolute atomic E-state index is 12.1. The van der Waals surface area contributed by atoms with Gasteiger partial charge < -0.3 is 4.74 Å². The van der Waals surface area contributed by atoms with Crippen LogP contribution in [-0.2, 0) is 6.42 Å². The van der Waals surface area contributed by atoms with Gasteiger partial charge in [-0.05, 0) is 31.0 Å². The molecule has 2 rings (SSSR count). The Balaban J connectivity index is 1.98. The summed E-state index contributed by atoms with van der Waals surface area (Å²) < 4.78 is 5.41. The number of rotatable bonds is 6. The van der Waals surface area contributed by atoms with Gasteiger partial charge in [-0.3, -0.25) is 4.79 Å². The van der Waals surface area contributed by atoms with Gasteiger partial charge in [0.15, 0.2) is 5.78 Å². The molecule has 0 amide bonds. The van der Waals surface area contributed by atoms with Gasteiger partial charge >= 0.3 is 0 Å². The van der Waals surface area contributed by atoms with Crippen molar-refractivity contribution < 1.29 is 9.53 Å². The van der Waals surface area contributed by atoms with Gasteiger partial charge in [-0.15, -0.1) is 0 Å². The third-order valence-electron chi connectivity index (χ3n) is 2.95. The number of hydrogen-bond donors (Lipinski definition) is 0. The van der Waals surface area contributed by atoms with Crippen molar-refractivity contribution in [1.29, 1.82) is 0 Å². The molecule has 0 saturated carbocycles. The van der Waals surface area contributed by atoms with E-state index in [0.29, 0.717) is 13.0 Å². The van der Waals surface area contributed by atoms with E-state index in [4.69, 9.17) is 4.74 Å². The SMILES string of the molecule is CCOc1cccc(C(=O)CCc2ccccc2)c1. The van der Waals surface area contributed by atoms with Gasteiger partial charge in [-0.1, -0.05) is 42.5 Å². The minimum atomic E-state index is 0.158. The van der Waals surface area contributed by atoms with Gasteiger partial charge in [-0.25, -0.2) is 0 Å². The van der Waals surface area contributed by atoms with Crippen LogP contribution >= 0.6 is 0 Å². The molecule has 0 atom stereocenters. The van der Waals surface area contributed by atoms with Crippen LogP contribution in [0.2, 0.25) is 0 Å². The zero-order chi connectivity index (χ0) is 13.5. The molecule has 0 saturated heterocycles. The third kappa shape index (κ3) is 3.95. The van der Waals surface area contributed by atoms with Gasteiger partial charge in [0, 0.05) is 12.0 Å². The van der Waals surface area contributed by atoms with Crippen LogP contribution in [0, 0.1) is 0 Å². The van der Waals surface area contributed by atoms with E-state index < -0.39 is 0 Å². The van der Waals surface area contributed by atoms with E-state index in [2.05, 4.69) is 0 Å². The number of ether oxygens (including phenoxy) is 1. The molecule has 2 aromatic carbocycles. The van der Waals surface area contributed by atoms with Crippen molar-refractivity contribution in [2.45, 2.75) is 19.8 Å². The molecule has 0 aliphatic carbocycles. The Hall–Kier alpha value is -2.09. The van der Waals surface area contributed by atoms with Crippen LogP contribution in [0.4, 0.5) is 0 Å². The summed E-state index contributed by atoms with van der Waals surface area (Å²) in [5.74, 6) is 0.915. The van der Waals surface area contributed by atoms with Crippen LogP contribution < -0.4 is 4.74 Å². The highest BCUT2D eigenvalue weighted by atomic mass is 16.5. The lowest BCUT2D eigenvalue weighted by Gasteiger charge is -2.05. The number of ketones is 1. The fourth-order valence-electron chi connectivity index (χ4n) is 1.97. The molecule has 98 valence electrons. The van der Waals surface area contributed by atoms with Gasteiger partial charge in [0.25, 0.3) is 0 Å². The molecule has 0 aliphatic heterocycles. The number of carbonyl (C=O) groups is 1. The molecule has 0 heterocycles. The molecule has 0 aromatic heterocycles. The predicted octanol–water partition coefficient (Wildman–Crippen LogP) is 3.90. The van der Waals surface area contributed by atoms with Gasteiger partial charge in [0.2, 0.25) is 0 Å². The second kappa shape index (κ2) is 6.74. The van der Waals surface area contributed by atoms with E-state index in [9.17, 15) is 4.79 Å². The zero-order valence-corrected chi connectivity index (χ0v) is 11.1. The van der Waals surface area contributed by atoms with Crippen LogP contribution in [0.1, 0.15) is 29.3 Å². The quantitative estimate of drug-likeness (QED) is 0.731. The summed E-state index contributed by atoms with van der Waals surface area (Å²) in [4.78, 5) is 12.1. The Kier molecular flexibility index (Phi) is 4.73. The van der Waals surface area contributed by atoms with Crippen molar-refractivity contribution in [3.8, 4) is 5.75 Å². The van der Waals surface area contributed by atoms with Crippen molar-refractivity contribution in [2.75, 3.05) is 6.61 Å². The number of hydrogen-bond acceptors (Lipinski definition) is 2. The molecule has 19 heavy (non-hydrogen) atoms. The third-order valence-corrected chi connectivity index (χ3v) is 2.95. The Morgan fingerprint density at radius 1 is 1.05 bits per heavy atom. The first-order chi connectivity index (χ1) is 9.29. The highest BCUT2D eigenvalue weighted by molar-refractivity contribution is 5.96. The first kappa shape index (κ1) is 13.3. The largest absolute Gasteiger partial charge is 0.494 e. The summed E-state index contributed by atoms with van der Waals surface area (Å²) in [6.45, 7) is 2.55. The lowest BCUT2D eigenvalue weighted by molar-refractivity contribution is 0.0982. The summed E-state index contributed by atoms with van der Waals surface area (Å²) in [5.41, 5.74) is 1.92. The summed E-state index contributed by atoms with van der Waals surface area (Å²) in [6, 6.07) is 17.5. The van der Waals surface area contributed by atoms with Gasteiger partial charge in [0.1, 0.15) is 5.75 Å². The maximum atomic E-state index is 12.1. The van der Waals surface area contributed by atoms with E-state index in [1.54, 1.807) is 0 Å². The highest BCUT2D eigenvalue weighted by Gasteiger charge is 2.07. The molecule has 2 nitrogen and oxygen atoms in total. The monoisotopic (exact) mass is 254 g/mol. The van der Waals surface area contributed by atoms with E-state index in [0.717, 1.165) is 17.7 Å². The average Bonchev–Trinajstić information content (AvgIpc) is 2.46. The molecular weight excluding hydrogens is 236 g/mol. The van der Waals surface area contributed by atoms with E-state index in [-0.39, 0.29) is 5.78 Å². The first-order valence-electron chi connectivity index (χ1n) is 6.59. The molecule has 0 bridgehead atoms. The molecule has 0 aliphatic rings. The van der Waals surface area contributed by atoms with Crippen molar-refractivity contribution >= 4 is 5.78 Å². The smallest absolute Gasteiger partial charge is 0.163 e. The summed E-state index contributed by atoms with van der Waals surface area (Å²) in [6.07, 6.45) is 1.30. The molecule has 2 heteroatoms. The fraction of sp³-hybridized carbons (Fsp3) is 0.235. The van der Waals surface area contributed by atoms with Gasteiger partial charge in [-0.2, -0.15) is 0 Å². The normalized spacial score (nSPS) is 10.2. The van der Waals surface area contributed by atoms with E-state index in [1.165, 1.54) is 5.56 Å². The summed E-state index contributed by atoms with van der Waals surface area (Å²) in [5, 5.41) is 0. The van der Waals surface area contributed by atoms with Crippen molar-refractivity contribution in [3.63, 3.8) is 0 Å². The number of benzene rings is 2. The van der Waals surface area contributed by atoms with Crippen LogP contribution in [0.5, 0.6) is 5.75 Å². The Bertz CT molecular complexity index is 532. The standard InChI is InChI=1S/C17H18O2/c1-2-19-16-10-6-9-15(13-16)17(18)12-11-14-7-4-3-5-8-14/h3-10,13H,2,11-12H2,1H3. The van der Waals surface area contributed by atoms with Crippen molar-refractivity contribution in [1.82, 2.24) is 0 Å². The van der Waals surface area contributed by atoms with Crippen LogP contribution in [0.25, 0.3) is 0 Å². The molecule has 0 radical (unpaired) electrons. The van der Waals surface area contributed by atoms with Crippen LogP contribution in [0.15, 0.2) is 54.6 Å². The van der Waals surface area contributed by atoms with Crippen LogP contribution in [-0.4, -0.2) is 12.4 Å². The van der Waals surface area contributed by atoms with Crippen molar-refractivity contribution in [2.24, 2.45) is 0 Å². The maximum Gasteiger partial charge on any atom is 0.163 e. The number of carbonyl (C=O) groups excluding carboxylic acids is 1. The molecule has 0 fully saturated rings. The minimum absolute atomic E-state index is 0.158. The lowest BCUT2D eigenvalue weighted by atomic mass is 10.0. The van der Waals surface area contributed by atoms with Crippen molar-refractivity contribution in [3.05, 3.63) is 65.7 Å². The molecule has 0 unspecified atom stereocenters. The zero-order valence-electron chi connectivity index (χ0n) is 11.1. The first-order valence-corrected chi connectivity index (χ1v) is 6.59. The Labute approximate surface area is 114 Å². The fourth-order valence-corrected chi connectivity index (χ4v) is 1.97. The highest BCUT2D eigenvalue weighted by Crippen LogP contribution is 2.15. The predicted molar refractivity (Wildman–Crippen MR) is 76.7 cm³/mol. The number of aryl methyl sites for hydroxylation is 1. The Morgan fingerprint density at radius 2 is 1.84 bits per heavy atom. The lowest BCUT2D eigenvalue weighted by Crippen LogP contribution is -2.02. The molecule has 0 N–H and O–H groups in total. The second-order valence-corrected chi connectivity index (χ2v) is 4.37. The minimum Gasteiger partial charge on any atom is -0.494 e. The Morgan fingerprint density at radius 3 is 2.58 bits per heavy atom. The van der Waals surface area contributed by atoms with Crippen LogP contribution in [0.3, 0.4) is 0 Å². The van der Waals surface area contributed by atoms with E-state index in [1.807, 2.05) is 61.5 Å². The number of Topliss-reactive ketones (excluding diaryl/α,β-unsaturated/α-hetero) is 1. The van der Waals surface area contributed by atoms with E-state index >= 15 is 0 Å². The second-order valence-electron chi connectivity index (χ2n) is 4.37.